The zero-order valence-electron chi connectivity index (χ0n) is 13.9. The number of hydrogen-bond donors (Lipinski definition) is 1. The standard InChI is InChI=1S/C16H29N3O2.2ClH/c17-12-14-3-6-18(13-14)15(20)11-16(4-1-2-5-16)19-7-9-21-10-8-19;;/h14H,1-13,17H2;2*1H. The highest BCUT2D eigenvalue weighted by Crippen LogP contribution is 2.39. The lowest BCUT2D eigenvalue weighted by Crippen LogP contribution is -2.54. The van der Waals surface area contributed by atoms with Crippen molar-refractivity contribution in [1.82, 2.24) is 9.80 Å². The number of carbonyl (C=O) groups is 1. The van der Waals surface area contributed by atoms with Gasteiger partial charge in [0.05, 0.1) is 13.2 Å². The Balaban J connectivity index is 0.00000132. The van der Waals surface area contributed by atoms with Crippen LogP contribution < -0.4 is 5.73 Å². The van der Waals surface area contributed by atoms with Crippen LogP contribution in [-0.4, -0.2) is 67.2 Å². The predicted molar refractivity (Wildman–Crippen MR) is 96.4 cm³/mol. The Hall–Kier alpha value is -0.0700. The fourth-order valence-electron chi connectivity index (χ4n) is 4.32. The van der Waals surface area contributed by atoms with Gasteiger partial charge in [-0.1, -0.05) is 12.8 Å². The second kappa shape index (κ2) is 9.42. The SMILES string of the molecule is Cl.Cl.NCC1CCN(C(=O)CC2(N3CCOCC3)CCCC2)C1. The molecule has 3 rings (SSSR count). The normalized spacial score (nSPS) is 27.3. The molecule has 1 atom stereocenters. The summed E-state index contributed by atoms with van der Waals surface area (Å²) in [6, 6.07) is 0. The molecule has 0 bridgehead atoms. The van der Waals surface area contributed by atoms with Gasteiger partial charge in [0.25, 0.3) is 0 Å². The van der Waals surface area contributed by atoms with Gasteiger partial charge in [0.1, 0.15) is 0 Å². The molecule has 1 amide bonds. The molecule has 136 valence electrons. The van der Waals surface area contributed by atoms with Crippen LogP contribution in [0.25, 0.3) is 0 Å². The van der Waals surface area contributed by atoms with E-state index >= 15 is 0 Å². The highest BCUT2D eigenvalue weighted by atomic mass is 35.5. The van der Waals surface area contributed by atoms with Crippen molar-refractivity contribution in [3.63, 3.8) is 0 Å². The van der Waals surface area contributed by atoms with Crippen molar-refractivity contribution in [3.8, 4) is 0 Å². The maximum atomic E-state index is 12.7. The summed E-state index contributed by atoms with van der Waals surface area (Å²) < 4.78 is 5.49. The van der Waals surface area contributed by atoms with Crippen molar-refractivity contribution >= 4 is 30.7 Å². The molecule has 1 saturated carbocycles. The molecule has 2 saturated heterocycles. The average Bonchev–Trinajstić information content (AvgIpc) is 3.18. The molecule has 0 aromatic carbocycles. The van der Waals surface area contributed by atoms with Crippen molar-refractivity contribution in [1.29, 1.82) is 0 Å². The lowest BCUT2D eigenvalue weighted by Gasteiger charge is -2.43. The van der Waals surface area contributed by atoms with Gasteiger partial charge >= 0.3 is 0 Å². The van der Waals surface area contributed by atoms with Gasteiger partial charge in [-0.2, -0.15) is 0 Å². The van der Waals surface area contributed by atoms with Gasteiger partial charge in [-0.25, -0.2) is 0 Å². The number of morpholine rings is 1. The van der Waals surface area contributed by atoms with E-state index in [0.717, 1.165) is 45.8 Å². The van der Waals surface area contributed by atoms with E-state index in [1.165, 1.54) is 25.7 Å². The van der Waals surface area contributed by atoms with Crippen LogP contribution >= 0.6 is 24.8 Å². The van der Waals surface area contributed by atoms with Crippen LogP contribution in [-0.2, 0) is 9.53 Å². The lowest BCUT2D eigenvalue weighted by molar-refractivity contribution is -0.134. The number of amides is 1. The Morgan fingerprint density at radius 1 is 1.13 bits per heavy atom. The van der Waals surface area contributed by atoms with Crippen molar-refractivity contribution in [2.75, 3.05) is 45.9 Å². The molecule has 23 heavy (non-hydrogen) atoms. The second-order valence-corrected chi connectivity index (χ2v) is 6.94. The van der Waals surface area contributed by atoms with E-state index in [1.807, 2.05) is 0 Å². The largest absolute Gasteiger partial charge is 0.379 e. The highest BCUT2D eigenvalue weighted by Gasteiger charge is 2.43. The Morgan fingerprint density at radius 3 is 2.35 bits per heavy atom. The molecule has 5 nitrogen and oxygen atoms in total. The molecule has 3 aliphatic rings. The van der Waals surface area contributed by atoms with Crippen LogP contribution in [0.1, 0.15) is 38.5 Å². The zero-order chi connectivity index (χ0) is 14.7. The van der Waals surface area contributed by atoms with Crippen molar-refractivity contribution in [2.45, 2.75) is 44.1 Å². The molecule has 0 spiro atoms. The molecule has 2 N–H and O–H groups in total. The number of rotatable bonds is 4. The van der Waals surface area contributed by atoms with Gasteiger partial charge in [-0.3, -0.25) is 9.69 Å². The molecule has 0 radical (unpaired) electrons. The molecule has 7 heteroatoms. The van der Waals surface area contributed by atoms with E-state index < -0.39 is 0 Å². The fourth-order valence-corrected chi connectivity index (χ4v) is 4.32. The van der Waals surface area contributed by atoms with Gasteiger partial charge < -0.3 is 15.4 Å². The molecule has 1 unspecified atom stereocenters. The molecule has 2 aliphatic heterocycles. The first-order valence-electron chi connectivity index (χ1n) is 8.54. The number of halogens is 2. The van der Waals surface area contributed by atoms with Crippen LogP contribution in [0.5, 0.6) is 0 Å². The number of nitrogens with two attached hydrogens (primary N) is 1. The van der Waals surface area contributed by atoms with E-state index in [4.69, 9.17) is 10.5 Å². The van der Waals surface area contributed by atoms with Crippen LogP contribution in [0.15, 0.2) is 0 Å². The topological polar surface area (TPSA) is 58.8 Å². The minimum absolute atomic E-state index is 0. The third-order valence-corrected chi connectivity index (χ3v) is 5.67. The van der Waals surface area contributed by atoms with E-state index in [1.54, 1.807) is 0 Å². The summed E-state index contributed by atoms with van der Waals surface area (Å²) in [6.07, 6.45) is 6.64. The Kier molecular flexibility index (Phi) is 8.59. The highest BCUT2D eigenvalue weighted by molar-refractivity contribution is 5.85. The Labute approximate surface area is 152 Å². The molecular formula is C16H31Cl2N3O2. The number of carbonyl (C=O) groups excluding carboxylic acids is 1. The van der Waals surface area contributed by atoms with Crippen LogP contribution in [0.4, 0.5) is 0 Å². The number of hydrogen-bond acceptors (Lipinski definition) is 4. The van der Waals surface area contributed by atoms with Gasteiger partial charge in [0.15, 0.2) is 0 Å². The summed E-state index contributed by atoms with van der Waals surface area (Å²) in [5, 5.41) is 0. The minimum Gasteiger partial charge on any atom is -0.379 e. The average molecular weight is 368 g/mol. The van der Waals surface area contributed by atoms with E-state index in [0.29, 0.717) is 24.8 Å². The number of likely N-dealkylation sites (tertiary alicyclic amines) is 1. The van der Waals surface area contributed by atoms with Gasteiger partial charge in [0, 0.05) is 38.1 Å². The summed E-state index contributed by atoms with van der Waals surface area (Å²) in [5.74, 6) is 0.858. The van der Waals surface area contributed by atoms with Crippen LogP contribution in [0.3, 0.4) is 0 Å². The number of ether oxygens (including phenoxy) is 1. The summed E-state index contributed by atoms with van der Waals surface area (Å²) >= 11 is 0. The van der Waals surface area contributed by atoms with Gasteiger partial charge in [0.2, 0.25) is 5.91 Å². The summed E-state index contributed by atoms with van der Waals surface area (Å²) in [7, 11) is 0. The van der Waals surface area contributed by atoms with Crippen LogP contribution in [0.2, 0.25) is 0 Å². The van der Waals surface area contributed by atoms with Crippen molar-refractivity contribution < 1.29 is 9.53 Å². The lowest BCUT2D eigenvalue weighted by atomic mass is 9.89. The summed E-state index contributed by atoms with van der Waals surface area (Å²) in [6.45, 7) is 6.08. The van der Waals surface area contributed by atoms with Crippen molar-refractivity contribution in [2.24, 2.45) is 11.7 Å². The first-order chi connectivity index (χ1) is 10.2. The third kappa shape index (κ3) is 4.73. The van der Waals surface area contributed by atoms with E-state index in [-0.39, 0.29) is 30.4 Å². The zero-order valence-corrected chi connectivity index (χ0v) is 15.5. The van der Waals surface area contributed by atoms with Crippen molar-refractivity contribution in [3.05, 3.63) is 0 Å². The Bertz CT molecular complexity index is 372. The summed E-state index contributed by atoms with van der Waals surface area (Å²) in [5.41, 5.74) is 5.86. The molecule has 3 fully saturated rings. The first kappa shape index (κ1) is 21.0. The maximum Gasteiger partial charge on any atom is 0.224 e. The predicted octanol–water partition coefficient (Wildman–Crippen LogP) is 1.67. The van der Waals surface area contributed by atoms with Gasteiger partial charge in [-0.15, -0.1) is 24.8 Å². The monoisotopic (exact) mass is 367 g/mol. The smallest absolute Gasteiger partial charge is 0.224 e. The fraction of sp³-hybridized carbons (Fsp3) is 0.938. The van der Waals surface area contributed by atoms with E-state index in [2.05, 4.69) is 9.80 Å². The molecule has 0 aromatic rings. The molecule has 0 aromatic heterocycles. The molecular weight excluding hydrogens is 337 g/mol. The van der Waals surface area contributed by atoms with Gasteiger partial charge in [-0.05, 0) is 31.7 Å². The molecule has 2 heterocycles. The maximum absolute atomic E-state index is 12.7. The summed E-state index contributed by atoms with van der Waals surface area (Å²) in [4.78, 5) is 17.3. The minimum atomic E-state index is 0. The number of nitrogens with zero attached hydrogens (tertiary/aromatic N) is 2. The molecule has 1 aliphatic carbocycles. The second-order valence-electron chi connectivity index (χ2n) is 6.94. The van der Waals surface area contributed by atoms with E-state index in [9.17, 15) is 4.79 Å². The third-order valence-electron chi connectivity index (χ3n) is 5.67. The Morgan fingerprint density at radius 2 is 1.78 bits per heavy atom. The quantitative estimate of drug-likeness (QED) is 0.820. The van der Waals surface area contributed by atoms with Crippen LogP contribution in [0, 0.1) is 5.92 Å². The first-order valence-corrected chi connectivity index (χ1v) is 8.54.